The molecule has 0 aliphatic heterocycles. The molecule has 7 heteroatoms. The smallest absolute Gasteiger partial charge is 0.262 e. The molecule has 0 spiro atoms. The topological polar surface area (TPSA) is 62.4 Å². The van der Waals surface area contributed by atoms with Gasteiger partial charge >= 0.3 is 0 Å². The van der Waals surface area contributed by atoms with Gasteiger partial charge in [-0.2, -0.15) is 0 Å². The molecule has 0 heterocycles. The molecule has 0 unspecified atom stereocenters. The van der Waals surface area contributed by atoms with Crippen molar-refractivity contribution < 1.29 is 9.53 Å². The van der Waals surface area contributed by atoms with Crippen LogP contribution in [0.5, 0.6) is 0 Å². The number of thiocarbonyl (C=S) groups is 1. The Morgan fingerprint density at radius 3 is 2.90 bits per heavy atom. The van der Waals surface area contributed by atoms with E-state index in [1.54, 1.807) is 25.3 Å². The monoisotopic (exact) mass is 327 g/mol. The summed E-state index contributed by atoms with van der Waals surface area (Å²) in [7, 11) is 1.61. The summed E-state index contributed by atoms with van der Waals surface area (Å²) in [4.78, 5) is 11.6. The maximum absolute atomic E-state index is 11.6. The van der Waals surface area contributed by atoms with Crippen molar-refractivity contribution in [2.24, 2.45) is 0 Å². The van der Waals surface area contributed by atoms with Gasteiger partial charge in [0.25, 0.3) is 5.91 Å². The quantitative estimate of drug-likeness (QED) is 0.438. The number of benzene rings is 1. The first-order valence-electron chi connectivity index (χ1n) is 6.30. The first-order chi connectivity index (χ1) is 10.0. The Morgan fingerprint density at radius 2 is 2.24 bits per heavy atom. The lowest BCUT2D eigenvalue weighted by molar-refractivity contribution is -0.116. The van der Waals surface area contributed by atoms with Gasteiger partial charge in [-0.15, -0.1) is 0 Å². The number of carbonyl (C=O) groups excluding carboxylic acids is 1. The van der Waals surface area contributed by atoms with E-state index in [-0.39, 0.29) is 11.9 Å². The first-order valence-corrected chi connectivity index (χ1v) is 7.09. The second-order valence-electron chi connectivity index (χ2n) is 4.33. The molecular formula is C14H18ClN3O2S. The average Bonchev–Trinajstić information content (AvgIpc) is 2.43. The molecule has 1 atom stereocenters. The number of hydrogen-bond donors (Lipinski definition) is 3. The average molecular weight is 328 g/mol. The molecule has 1 amide bonds. The molecule has 0 bridgehead atoms. The maximum Gasteiger partial charge on any atom is 0.262 e. The van der Waals surface area contributed by atoms with Crippen LogP contribution in [-0.2, 0) is 9.53 Å². The summed E-state index contributed by atoms with van der Waals surface area (Å²) in [5.74, 6) is -0.321. The van der Waals surface area contributed by atoms with E-state index in [4.69, 9.17) is 28.6 Å². The van der Waals surface area contributed by atoms with Crippen LogP contribution in [0.1, 0.15) is 12.5 Å². The van der Waals surface area contributed by atoms with Crippen LogP contribution < -0.4 is 16.2 Å². The van der Waals surface area contributed by atoms with E-state index in [9.17, 15) is 4.79 Å². The largest absolute Gasteiger partial charge is 0.383 e. The van der Waals surface area contributed by atoms with Crippen molar-refractivity contribution in [3.05, 3.63) is 40.9 Å². The number of amides is 1. The van der Waals surface area contributed by atoms with E-state index in [2.05, 4.69) is 16.2 Å². The minimum Gasteiger partial charge on any atom is -0.383 e. The molecule has 1 rings (SSSR count). The number of hydrazine groups is 1. The van der Waals surface area contributed by atoms with Crippen LogP contribution in [0.15, 0.2) is 30.3 Å². The zero-order valence-electron chi connectivity index (χ0n) is 11.9. The summed E-state index contributed by atoms with van der Waals surface area (Å²) >= 11 is 10.9. The van der Waals surface area contributed by atoms with Gasteiger partial charge in [-0.25, -0.2) is 0 Å². The predicted molar refractivity (Wildman–Crippen MR) is 88.8 cm³/mol. The van der Waals surface area contributed by atoms with Gasteiger partial charge in [0.15, 0.2) is 5.11 Å². The fourth-order valence-corrected chi connectivity index (χ4v) is 1.94. The van der Waals surface area contributed by atoms with E-state index in [0.29, 0.717) is 16.7 Å². The second kappa shape index (κ2) is 9.33. The Hall–Kier alpha value is -1.63. The van der Waals surface area contributed by atoms with E-state index in [1.807, 2.05) is 19.1 Å². The Balaban J connectivity index is 2.35. The molecule has 0 aliphatic carbocycles. The fraction of sp³-hybridized carbons (Fsp3) is 0.286. The summed E-state index contributed by atoms with van der Waals surface area (Å²) < 4.78 is 4.97. The van der Waals surface area contributed by atoms with Crippen molar-refractivity contribution in [2.75, 3.05) is 13.7 Å². The lowest BCUT2D eigenvalue weighted by atomic mass is 10.2. The van der Waals surface area contributed by atoms with Gasteiger partial charge in [0.1, 0.15) is 0 Å². The molecule has 21 heavy (non-hydrogen) atoms. The van der Waals surface area contributed by atoms with Crippen molar-refractivity contribution in [1.29, 1.82) is 0 Å². The van der Waals surface area contributed by atoms with E-state index >= 15 is 0 Å². The molecule has 114 valence electrons. The van der Waals surface area contributed by atoms with Crippen LogP contribution in [0.25, 0.3) is 6.08 Å². The van der Waals surface area contributed by atoms with Crippen molar-refractivity contribution >= 4 is 40.9 Å². The molecule has 3 N–H and O–H groups in total. The first kappa shape index (κ1) is 17.4. The van der Waals surface area contributed by atoms with Gasteiger partial charge in [-0.05, 0) is 42.9 Å². The highest BCUT2D eigenvalue weighted by Crippen LogP contribution is 2.11. The second-order valence-corrected chi connectivity index (χ2v) is 5.18. The number of hydrogen-bond acceptors (Lipinski definition) is 3. The summed E-state index contributed by atoms with van der Waals surface area (Å²) in [6.07, 6.45) is 3.05. The van der Waals surface area contributed by atoms with Gasteiger partial charge in [0.2, 0.25) is 0 Å². The minimum atomic E-state index is -0.321. The van der Waals surface area contributed by atoms with E-state index in [0.717, 1.165) is 5.56 Å². The molecule has 0 aromatic heterocycles. The SMILES string of the molecule is COC[C@H](C)NC(=S)NNC(=O)/C=C/c1cccc(Cl)c1. The lowest BCUT2D eigenvalue weighted by Crippen LogP contribution is -2.49. The van der Waals surface area contributed by atoms with Crippen molar-refractivity contribution in [3.63, 3.8) is 0 Å². The lowest BCUT2D eigenvalue weighted by Gasteiger charge is -2.15. The normalized spacial score (nSPS) is 12.0. The Morgan fingerprint density at radius 1 is 1.48 bits per heavy atom. The summed E-state index contributed by atoms with van der Waals surface area (Å²) in [5, 5.41) is 3.90. The standard InChI is InChI=1S/C14H18ClN3O2S/c1-10(9-20-2)16-14(21)18-17-13(19)7-6-11-4-3-5-12(15)8-11/h3-8,10H,9H2,1-2H3,(H,17,19)(H2,16,18,21)/b7-6+/t10-/m0/s1. The number of methoxy groups -OCH3 is 1. The molecule has 1 aromatic carbocycles. The van der Waals surface area contributed by atoms with Crippen molar-refractivity contribution in [2.45, 2.75) is 13.0 Å². The number of nitrogens with one attached hydrogen (secondary N) is 3. The highest BCUT2D eigenvalue weighted by molar-refractivity contribution is 7.80. The zero-order chi connectivity index (χ0) is 15.7. The van der Waals surface area contributed by atoms with Gasteiger partial charge in [-0.1, -0.05) is 23.7 Å². The maximum atomic E-state index is 11.6. The third kappa shape index (κ3) is 7.65. The number of rotatable bonds is 5. The van der Waals surface area contributed by atoms with E-state index in [1.165, 1.54) is 6.08 Å². The van der Waals surface area contributed by atoms with Crippen molar-refractivity contribution in [3.8, 4) is 0 Å². The van der Waals surface area contributed by atoms with E-state index < -0.39 is 0 Å². The highest BCUT2D eigenvalue weighted by atomic mass is 35.5. The molecular weight excluding hydrogens is 310 g/mol. The van der Waals surface area contributed by atoms with Gasteiger partial charge in [-0.3, -0.25) is 15.6 Å². The molecule has 0 aliphatic rings. The van der Waals surface area contributed by atoms with Crippen LogP contribution in [0, 0.1) is 0 Å². The third-order valence-electron chi connectivity index (χ3n) is 2.37. The van der Waals surface area contributed by atoms with Gasteiger partial charge in [0, 0.05) is 24.3 Å². The summed E-state index contributed by atoms with van der Waals surface area (Å²) in [5.41, 5.74) is 5.91. The highest BCUT2D eigenvalue weighted by Gasteiger charge is 2.03. The molecule has 5 nitrogen and oxygen atoms in total. The number of carbonyl (C=O) groups is 1. The van der Waals surface area contributed by atoms with Gasteiger partial charge < -0.3 is 10.1 Å². The number of ether oxygens (including phenoxy) is 1. The summed E-state index contributed by atoms with van der Waals surface area (Å²) in [6, 6.07) is 7.24. The van der Waals surface area contributed by atoms with Crippen LogP contribution >= 0.6 is 23.8 Å². The van der Waals surface area contributed by atoms with Gasteiger partial charge in [0.05, 0.1) is 6.61 Å². The molecule has 0 saturated carbocycles. The molecule has 0 saturated heterocycles. The zero-order valence-corrected chi connectivity index (χ0v) is 13.4. The van der Waals surface area contributed by atoms with Crippen LogP contribution in [0.4, 0.5) is 0 Å². The molecule has 1 aromatic rings. The third-order valence-corrected chi connectivity index (χ3v) is 2.82. The molecule has 0 fully saturated rings. The Bertz CT molecular complexity index is 523. The van der Waals surface area contributed by atoms with Crippen LogP contribution in [0.2, 0.25) is 5.02 Å². The molecule has 0 radical (unpaired) electrons. The number of halogens is 1. The Labute approximate surface area is 134 Å². The Kier molecular flexibility index (Phi) is 7.74. The predicted octanol–water partition coefficient (Wildman–Crippen LogP) is 1.88. The fourth-order valence-electron chi connectivity index (χ4n) is 1.49. The minimum absolute atomic E-state index is 0.0499. The van der Waals surface area contributed by atoms with Crippen LogP contribution in [-0.4, -0.2) is 30.8 Å². The van der Waals surface area contributed by atoms with Crippen LogP contribution in [0.3, 0.4) is 0 Å². The summed E-state index contributed by atoms with van der Waals surface area (Å²) in [6.45, 7) is 2.43. The van der Waals surface area contributed by atoms with Crippen molar-refractivity contribution in [1.82, 2.24) is 16.2 Å².